The van der Waals surface area contributed by atoms with E-state index < -0.39 is 0 Å². The zero-order chi connectivity index (χ0) is 12.7. The van der Waals surface area contributed by atoms with Crippen LogP contribution in [0.4, 0.5) is 0 Å². The van der Waals surface area contributed by atoms with Crippen molar-refractivity contribution in [1.82, 2.24) is 10.2 Å². The third-order valence-corrected chi connectivity index (χ3v) is 3.12. The van der Waals surface area contributed by atoms with Gasteiger partial charge in [0.15, 0.2) is 18.1 Å². The topological polar surface area (TPSA) is 66.6 Å². The number of hydrogen-bond acceptors (Lipinski definition) is 6. The Morgan fingerprint density at radius 3 is 2.95 bits per heavy atom. The van der Waals surface area contributed by atoms with E-state index in [0.717, 1.165) is 24.5 Å². The van der Waals surface area contributed by atoms with Crippen molar-refractivity contribution >= 4 is 0 Å². The molecule has 0 spiro atoms. The molecule has 1 fully saturated rings. The Hall–Kier alpha value is -2.24. The molecular formula is C13H12N2O4. The molecular weight excluding hydrogens is 248 g/mol. The molecule has 6 nitrogen and oxygen atoms in total. The summed E-state index contributed by atoms with van der Waals surface area (Å²) in [4.78, 5) is 0. The van der Waals surface area contributed by atoms with Gasteiger partial charge < -0.3 is 18.6 Å². The molecule has 1 aliphatic heterocycles. The van der Waals surface area contributed by atoms with E-state index in [1.807, 2.05) is 12.1 Å². The second kappa shape index (κ2) is 4.15. The second-order valence-corrected chi connectivity index (χ2v) is 4.61. The van der Waals surface area contributed by atoms with Crippen LogP contribution in [0.2, 0.25) is 0 Å². The Kier molecular flexibility index (Phi) is 2.33. The lowest BCUT2D eigenvalue weighted by Gasteiger charge is -2.03. The van der Waals surface area contributed by atoms with Crippen molar-refractivity contribution in [3.8, 4) is 17.2 Å². The van der Waals surface area contributed by atoms with Crippen molar-refractivity contribution < 1.29 is 18.6 Å². The number of benzene rings is 1. The fourth-order valence-electron chi connectivity index (χ4n) is 1.93. The zero-order valence-electron chi connectivity index (χ0n) is 10.2. The largest absolute Gasteiger partial charge is 0.484 e. The third kappa shape index (κ3) is 2.09. The van der Waals surface area contributed by atoms with Gasteiger partial charge in [0.1, 0.15) is 5.75 Å². The van der Waals surface area contributed by atoms with Crippen LogP contribution in [0.1, 0.15) is 30.5 Å². The first-order valence-corrected chi connectivity index (χ1v) is 6.23. The van der Waals surface area contributed by atoms with Gasteiger partial charge in [0, 0.05) is 12.0 Å². The van der Waals surface area contributed by atoms with E-state index in [1.54, 1.807) is 6.07 Å². The molecule has 98 valence electrons. The van der Waals surface area contributed by atoms with Gasteiger partial charge in [0.2, 0.25) is 12.7 Å². The smallest absolute Gasteiger partial charge is 0.253 e. The minimum Gasteiger partial charge on any atom is -0.484 e. The molecule has 1 aliphatic carbocycles. The van der Waals surface area contributed by atoms with E-state index in [-0.39, 0.29) is 13.4 Å². The van der Waals surface area contributed by atoms with Crippen LogP contribution in [-0.2, 0) is 6.61 Å². The molecule has 0 radical (unpaired) electrons. The highest BCUT2D eigenvalue weighted by Gasteiger charge is 2.29. The van der Waals surface area contributed by atoms with E-state index in [2.05, 4.69) is 10.2 Å². The monoisotopic (exact) mass is 260 g/mol. The number of ether oxygens (including phenoxy) is 3. The molecule has 2 aromatic rings. The Labute approximate surface area is 109 Å². The minimum atomic E-state index is 0.257. The zero-order valence-corrected chi connectivity index (χ0v) is 10.2. The number of aromatic nitrogens is 2. The van der Waals surface area contributed by atoms with Gasteiger partial charge in [-0.1, -0.05) is 0 Å². The van der Waals surface area contributed by atoms with Crippen molar-refractivity contribution in [2.45, 2.75) is 25.4 Å². The Bertz CT molecular complexity index is 606. The van der Waals surface area contributed by atoms with Crippen LogP contribution >= 0.6 is 0 Å². The molecule has 0 unspecified atom stereocenters. The van der Waals surface area contributed by atoms with Crippen LogP contribution in [0, 0.1) is 0 Å². The molecule has 1 saturated carbocycles. The number of nitrogens with zero attached hydrogens (tertiary/aromatic N) is 2. The second-order valence-electron chi connectivity index (χ2n) is 4.61. The highest BCUT2D eigenvalue weighted by molar-refractivity contribution is 5.46. The molecule has 0 saturated heterocycles. The van der Waals surface area contributed by atoms with E-state index in [0.29, 0.717) is 23.3 Å². The minimum absolute atomic E-state index is 0.257. The quantitative estimate of drug-likeness (QED) is 0.840. The molecule has 1 aromatic carbocycles. The first-order chi connectivity index (χ1) is 9.38. The highest BCUT2D eigenvalue weighted by Crippen LogP contribution is 2.39. The first kappa shape index (κ1) is 10.7. The van der Waals surface area contributed by atoms with Crippen molar-refractivity contribution in [3.05, 3.63) is 30.0 Å². The SMILES string of the molecule is c1cc2c(cc1OCc1nnc(C3CC3)o1)OCO2. The van der Waals surface area contributed by atoms with Crippen molar-refractivity contribution in [2.75, 3.05) is 6.79 Å². The van der Waals surface area contributed by atoms with E-state index in [1.165, 1.54) is 0 Å². The maximum atomic E-state index is 5.60. The van der Waals surface area contributed by atoms with E-state index in [4.69, 9.17) is 18.6 Å². The molecule has 2 heterocycles. The average molecular weight is 260 g/mol. The predicted octanol–water partition coefficient (Wildman–Crippen LogP) is 2.25. The van der Waals surface area contributed by atoms with Gasteiger partial charge in [-0.2, -0.15) is 0 Å². The summed E-state index contributed by atoms with van der Waals surface area (Å²) in [6.45, 7) is 0.520. The maximum Gasteiger partial charge on any atom is 0.253 e. The maximum absolute atomic E-state index is 5.60. The van der Waals surface area contributed by atoms with Crippen LogP contribution in [0.25, 0.3) is 0 Å². The number of hydrogen-bond donors (Lipinski definition) is 0. The number of fused-ring (bicyclic) bond motifs is 1. The Morgan fingerprint density at radius 2 is 2.05 bits per heavy atom. The standard InChI is InChI=1S/C13H12N2O4/c1-2-8(1)13-15-14-12(19-13)6-16-9-3-4-10-11(5-9)18-7-17-10/h3-5,8H,1-2,6-7H2. The van der Waals surface area contributed by atoms with Crippen molar-refractivity contribution in [3.63, 3.8) is 0 Å². The Morgan fingerprint density at radius 1 is 1.16 bits per heavy atom. The predicted molar refractivity (Wildman–Crippen MR) is 63.2 cm³/mol. The van der Waals surface area contributed by atoms with Crippen LogP contribution in [0.15, 0.2) is 22.6 Å². The van der Waals surface area contributed by atoms with Crippen LogP contribution in [-0.4, -0.2) is 17.0 Å². The lowest BCUT2D eigenvalue weighted by atomic mass is 10.3. The fourth-order valence-corrected chi connectivity index (χ4v) is 1.93. The molecule has 0 N–H and O–H groups in total. The summed E-state index contributed by atoms with van der Waals surface area (Å²) in [5, 5.41) is 7.97. The normalized spacial score (nSPS) is 16.6. The molecule has 6 heteroatoms. The molecule has 4 rings (SSSR count). The molecule has 0 amide bonds. The summed E-state index contributed by atoms with van der Waals surface area (Å²) in [6, 6.07) is 5.44. The van der Waals surface area contributed by atoms with Gasteiger partial charge in [-0.15, -0.1) is 10.2 Å². The molecule has 0 bridgehead atoms. The summed E-state index contributed by atoms with van der Waals surface area (Å²) >= 11 is 0. The van der Waals surface area contributed by atoms with Crippen LogP contribution in [0.5, 0.6) is 17.2 Å². The molecule has 19 heavy (non-hydrogen) atoms. The van der Waals surface area contributed by atoms with Crippen LogP contribution in [0.3, 0.4) is 0 Å². The Balaban J connectivity index is 1.43. The lowest BCUT2D eigenvalue weighted by Crippen LogP contribution is -1.95. The summed E-state index contributed by atoms with van der Waals surface area (Å²) < 4.78 is 21.6. The number of rotatable bonds is 4. The first-order valence-electron chi connectivity index (χ1n) is 6.23. The molecule has 0 atom stereocenters. The fraction of sp³-hybridized carbons (Fsp3) is 0.385. The van der Waals surface area contributed by atoms with Gasteiger partial charge in [0.05, 0.1) is 0 Å². The van der Waals surface area contributed by atoms with E-state index >= 15 is 0 Å². The van der Waals surface area contributed by atoms with Gasteiger partial charge in [0.25, 0.3) is 5.89 Å². The molecule has 2 aliphatic rings. The summed E-state index contributed by atoms with van der Waals surface area (Å²) in [5.74, 6) is 3.81. The summed E-state index contributed by atoms with van der Waals surface area (Å²) in [6.07, 6.45) is 2.29. The van der Waals surface area contributed by atoms with Gasteiger partial charge in [-0.25, -0.2) is 0 Å². The third-order valence-electron chi connectivity index (χ3n) is 3.12. The van der Waals surface area contributed by atoms with Gasteiger partial charge in [-0.05, 0) is 25.0 Å². The highest BCUT2D eigenvalue weighted by atomic mass is 16.7. The van der Waals surface area contributed by atoms with E-state index in [9.17, 15) is 0 Å². The van der Waals surface area contributed by atoms with Crippen molar-refractivity contribution in [1.29, 1.82) is 0 Å². The average Bonchev–Trinajstić information content (AvgIpc) is 3.01. The summed E-state index contributed by atoms with van der Waals surface area (Å²) in [7, 11) is 0. The van der Waals surface area contributed by atoms with Crippen molar-refractivity contribution in [2.24, 2.45) is 0 Å². The van der Waals surface area contributed by atoms with Gasteiger partial charge >= 0.3 is 0 Å². The van der Waals surface area contributed by atoms with Crippen LogP contribution < -0.4 is 14.2 Å². The lowest BCUT2D eigenvalue weighted by molar-refractivity contribution is 0.173. The molecule has 1 aromatic heterocycles. The van der Waals surface area contributed by atoms with Gasteiger partial charge in [-0.3, -0.25) is 0 Å². The summed E-state index contributed by atoms with van der Waals surface area (Å²) in [5.41, 5.74) is 0.